The quantitative estimate of drug-likeness (QED) is 0.627. The van der Waals surface area contributed by atoms with Gasteiger partial charge in [-0.05, 0) is 37.8 Å². The van der Waals surface area contributed by atoms with E-state index in [9.17, 15) is 0 Å². The summed E-state index contributed by atoms with van der Waals surface area (Å²) in [6.45, 7) is 10.5. The topological polar surface area (TPSA) is 12.0 Å². The molecule has 1 heteroatoms. The van der Waals surface area contributed by atoms with Crippen molar-refractivity contribution in [1.82, 2.24) is 5.32 Å². The van der Waals surface area contributed by atoms with Gasteiger partial charge in [0.15, 0.2) is 0 Å². The van der Waals surface area contributed by atoms with Crippen molar-refractivity contribution in [2.45, 2.75) is 47.0 Å². The van der Waals surface area contributed by atoms with Crippen molar-refractivity contribution in [3.8, 4) is 0 Å². The zero-order valence-electron chi connectivity index (χ0n) is 9.41. The molecule has 0 aromatic heterocycles. The minimum Gasteiger partial charge on any atom is -0.320 e. The zero-order valence-corrected chi connectivity index (χ0v) is 9.41. The third-order valence-electron chi connectivity index (χ3n) is 2.70. The molecule has 0 aliphatic carbocycles. The van der Waals surface area contributed by atoms with Crippen LogP contribution in [0.2, 0.25) is 0 Å². The molecule has 0 bridgehead atoms. The number of hydrogen-bond donors (Lipinski definition) is 1. The Hall–Kier alpha value is -0.0400. The van der Waals surface area contributed by atoms with Crippen molar-refractivity contribution >= 4 is 0 Å². The van der Waals surface area contributed by atoms with E-state index in [4.69, 9.17) is 0 Å². The van der Waals surface area contributed by atoms with E-state index in [2.05, 4.69) is 33.0 Å². The molecule has 1 unspecified atom stereocenters. The number of rotatable bonds is 5. The van der Waals surface area contributed by atoms with Crippen LogP contribution in [0.15, 0.2) is 0 Å². The lowest BCUT2D eigenvalue weighted by Crippen LogP contribution is -2.21. The molecule has 1 atom stereocenters. The molecule has 0 spiro atoms. The first-order chi connectivity index (χ1) is 5.52. The first kappa shape index (κ1) is 12.0. The van der Waals surface area contributed by atoms with Crippen molar-refractivity contribution < 1.29 is 0 Å². The molecule has 74 valence electrons. The van der Waals surface area contributed by atoms with Gasteiger partial charge in [-0.25, -0.2) is 0 Å². The van der Waals surface area contributed by atoms with Crippen LogP contribution in [0.3, 0.4) is 0 Å². The highest BCUT2D eigenvalue weighted by atomic mass is 14.8. The van der Waals surface area contributed by atoms with Crippen LogP contribution in [0.4, 0.5) is 0 Å². The molecule has 0 saturated carbocycles. The van der Waals surface area contributed by atoms with Crippen molar-refractivity contribution in [3.63, 3.8) is 0 Å². The van der Waals surface area contributed by atoms with Gasteiger partial charge in [-0.3, -0.25) is 0 Å². The summed E-state index contributed by atoms with van der Waals surface area (Å²) in [5, 5.41) is 3.20. The Bertz CT molecular complexity index is 102. The second kappa shape index (κ2) is 5.58. The molecule has 0 radical (unpaired) electrons. The van der Waals surface area contributed by atoms with E-state index in [1.165, 1.54) is 19.3 Å². The molecular formula is C11H25N. The van der Waals surface area contributed by atoms with Crippen LogP contribution in [-0.2, 0) is 0 Å². The highest BCUT2D eigenvalue weighted by molar-refractivity contribution is 4.72. The van der Waals surface area contributed by atoms with Gasteiger partial charge in [-0.2, -0.15) is 0 Å². The molecule has 0 fully saturated rings. The second-order valence-electron chi connectivity index (χ2n) is 4.72. The van der Waals surface area contributed by atoms with Crippen molar-refractivity contribution in [1.29, 1.82) is 0 Å². The van der Waals surface area contributed by atoms with Gasteiger partial charge >= 0.3 is 0 Å². The summed E-state index contributed by atoms with van der Waals surface area (Å²) in [6, 6.07) is 0. The normalized spacial score (nSPS) is 14.8. The molecule has 12 heavy (non-hydrogen) atoms. The van der Waals surface area contributed by atoms with Gasteiger partial charge in [0, 0.05) is 0 Å². The Morgan fingerprint density at radius 2 is 1.83 bits per heavy atom. The monoisotopic (exact) mass is 171 g/mol. The maximum atomic E-state index is 3.20. The highest BCUT2D eigenvalue weighted by Crippen LogP contribution is 2.31. The Balaban J connectivity index is 3.68. The summed E-state index contributed by atoms with van der Waals surface area (Å²) in [7, 11) is 2.03. The summed E-state index contributed by atoms with van der Waals surface area (Å²) >= 11 is 0. The molecule has 0 aliphatic heterocycles. The van der Waals surface area contributed by atoms with Crippen molar-refractivity contribution in [2.75, 3.05) is 13.6 Å². The molecule has 0 aromatic rings. The molecule has 0 aliphatic rings. The zero-order chi connectivity index (χ0) is 9.61. The van der Waals surface area contributed by atoms with Crippen molar-refractivity contribution in [3.05, 3.63) is 0 Å². The largest absolute Gasteiger partial charge is 0.320 e. The summed E-state index contributed by atoms with van der Waals surface area (Å²) in [5.41, 5.74) is 0.489. The van der Waals surface area contributed by atoms with E-state index in [0.717, 1.165) is 12.5 Å². The average molecular weight is 171 g/mol. The number of hydrogen-bond acceptors (Lipinski definition) is 1. The molecule has 0 amide bonds. The maximum Gasteiger partial charge on any atom is -0.00518 e. The van der Waals surface area contributed by atoms with Crippen LogP contribution in [0.1, 0.15) is 47.0 Å². The van der Waals surface area contributed by atoms with Crippen LogP contribution < -0.4 is 5.32 Å². The van der Waals surface area contributed by atoms with E-state index >= 15 is 0 Å². The fourth-order valence-electron chi connectivity index (χ4n) is 1.77. The Labute approximate surface area is 77.9 Å². The first-order valence-electron chi connectivity index (χ1n) is 5.17. The maximum absolute atomic E-state index is 3.20. The first-order valence-corrected chi connectivity index (χ1v) is 5.17. The molecule has 0 saturated heterocycles. The predicted molar refractivity (Wildman–Crippen MR) is 56.4 cm³/mol. The Morgan fingerprint density at radius 3 is 2.17 bits per heavy atom. The van der Waals surface area contributed by atoms with Gasteiger partial charge in [0.25, 0.3) is 0 Å². The SMILES string of the molecule is CCC(CCCNC)C(C)(C)C. The van der Waals surface area contributed by atoms with Gasteiger partial charge in [0.05, 0.1) is 0 Å². The minimum absolute atomic E-state index is 0.489. The standard InChI is InChI=1S/C11H25N/c1-6-10(11(2,3)4)8-7-9-12-5/h10,12H,6-9H2,1-5H3. The van der Waals surface area contributed by atoms with E-state index in [0.29, 0.717) is 5.41 Å². The average Bonchev–Trinajstić information content (AvgIpc) is 1.95. The fraction of sp³-hybridized carbons (Fsp3) is 1.00. The predicted octanol–water partition coefficient (Wildman–Crippen LogP) is 3.06. The summed E-state index contributed by atoms with van der Waals surface area (Å²) in [6.07, 6.45) is 3.99. The Morgan fingerprint density at radius 1 is 1.25 bits per heavy atom. The fourth-order valence-corrected chi connectivity index (χ4v) is 1.77. The van der Waals surface area contributed by atoms with Gasteiger partial charge in [0.2, 0.25) is 0 Å². The summed E-state index contributed by atoms with van der Waals surface area (Å²) < 4.78 is 0. The smallest absolute Gasteiger partial charge is 0.00518 e. The second-order valence-corrected chi connectivity index (χ2v) is 4.72. The molecule has 0 heterocycles. The molecule has 0 rings (SSSR count). The summed E-state index contributed by atoms with van der Waals surface area (Å²) in [4.78, 5) is 0. The minimum atomic E-state index is 0.489. The van der Waals surface area contributed by atoms with E-state index in [-0.39, 0.29) is 0 Å². The van der Waals surface area contributed by atoms with Crippen LogP contribution in [0.25, 0.3) is 0 Å². The molecular weight excluding hydrogens is 146 g/mol. The lowest BCUT2D eigenvalue weighted by Gasteiger charge is -2.29. The van der Waals surface area contributed by atoms with Crippen LogP contribution in [0, 0.1) is 11.3 Å². The summed E-state index contributed by atoms with van der Waals surface area (Å²) in [5.74, 6) is 0.880. The van der Waals surface area contributed by atoms with E-state index in [1.54, 1.807) is 0 Å². The van der Waals surface area contributed by atoms with Crippen LogP contribution in [-0.4, -0.2) is 13.6 Å². The Kier molecular flexibility index (Phi) is 5.56. The van der Waals surface area contributed by atoms with Gasteiger partial charge in [0.1, 0.15) is 0 Å². The number of nitrogens with one attached hydrogen (secondary N) is 1. The van der Waals surface area contributed by atoms with Gasteiger partial charge in [-0.15, -0.1) is 0 Å². The van der Waals surface area contributed by atoms with Crippen LogP contribution >= 0.6 is 0 Å². The highest BCUT2D eigenvalue weighted by Gasteiger charge is 2.21. The van der Waals surface area contributed by atoms with Gasteiger partial charge in [-0.1, -0.05) is 34.1 Å². The molecule has 1 nitrogen and oxygen atoms in total. The lowest BCUT2D eigenvalue weighted by atomic mass is 9.76. The third-order valence-corrected chi connectivity index (χ3v) is 2.70. The van der Waals surface area contributed by atoms with E-state index < -0.39 is 0 Å². The van der Waals surface area contributed by atoms with Crippen molar-refractivity contribution in [2.24, 2.45) is 11.3 Å². The lowest BCUT2D eigenvalue weighted by molar-refractivity contribution is 0.215. The molecule has 0 aromatic carbocycles. The van der Waals surface area contributed by atoms with Crippen LogP contribution in [0.5, 0.6) is 0 Å². The third kappa shape index (κ3) is 4.76. The molecule has 1 N–H and O–H groups in total. The van der Waals surface area contributed by atoms with Gasteiger partial charge < -0.3 is 5.32 Å². The van der Waals surface area contributed by atoms with E-state index in [1.807, 2.05) is 7.05 Å².